The first-order chi connectivity index (χ1) is 12.5. The summed E-state index contributed by atoms with van der Waals surface area (Å²) >= 11 is 0. The number of rotatable bonds is 5. The predicted molar refractivity (Wildman–Crippen MR) is 97.0 cm³/mol. The number of hydrogen-bond donors (Lipinski definition) is 0. The second-order valence-electron chi connectivity index (χ2n) is 9.13. The van der Waals surface area contributed by atoms with Crippen molar-refractivity contribution in [2.45, 2.75) is 82.6 Å². The molecule has 3 aliphatic carbocycles. The summed E-state index contributed by atoms with van der Waals surface area (Å²) in [6.07, 6.45) is 11.9. The monoisotopic (exact) mass is 379 g/mol. The van der Waals surface area contributed by atoms with Crippen LogP contribution in [0.3, 0.4) is 0 Å². The van der Waals surface area contributed by atoms with Crippen LogP contribution < -0.4 is 0 Å². The van der Waals surface area contributed by atoms with Gasteiger partial charge in [-0.05, 0) is 69.1 Å². The van der Waals surface area contributed by atoms with Crippen LogP contribution in [0.15, 0.2) is 4.42 Å². The summed E-state index contributed by atoms with van der Waals surface area (Å²) in [6, 6.07) is -0.259. The Hall–Kier alpha value is -0.950. The third kappa shape index (κ3) is 2.91. The van der Waals surface area contributed by atoms with E-state index in [1.807, 2.05) is 0 Å². The molecule has 1 aliphatic heterocycles. The van der Waals surface area contributed by atoms with Gasteiger partial charge in [-0.15, -0.1) is 10.2 Å². The van der Waals surface area contributed by atoms with Gasteiger partial charge in [0.25, 0.3) is 0 Å². The van der Waals surface area contributed by atoms with Crippen molar-refractivity contribution in [2.24, 2.45) is 11.3 Å². The summed E-state index contributed by atoms with van der Waals surface area (Å²) in [7, 11) is -3.30. The fourth-order valence-electron chi connectivity index (χ4n) is 5.67. The van der Waals surface area contributed by atoms with E-state index >= 15 is 0 Å². The van der Waals surface area contributed by atoms with Crippen molar-refractivity contribution in [3.8, 4) is 0 Å². The van der Waals surface area contributed by atoms with Gasteiger partial charge in [-0.25, -0.2) is 8.42 Å². The Labute approximate surface area is 155 Å². The molecule has 5 rings (SSSR count). The quantitative estimate of drug-likeness (QED) is 0.778. The molecule has 1 aromatic rings. The van der Waals surface area contributed by atoms with Gasteiger partial charge < -0.3 is 4.42 Å². The fourth-order valence-corrected chi connectivity index (χ4v) is 8.01. The van der Waals surface area contributed by atoms with Gasteiger partial charge in [-0.2, -0.15) is 4.31 Å². The summed E-state index contributed by atoms with van der Waals surface area (Å²) in [4.78, 5) is 0. The van der Waals surface area contributed by atoms with E-state index in [4.69, 9.17) is 4.42 Å². The van der Waals surface area contributed by atoms with E-state index in [0.29, 0.717) is 30.0 Å². The first-order valence-corrected chi connectivity index (χ1v) is 12.0. The maximum absolute atomic E-state index is 13.4. The molecule has 6 nitrogen and oxygen atoms in total. The molecule has 3 saturated carbocycles. The summed E-state index contributed by atoms with van der Waals surface area (Å²) < 4.78 is 34.4. The molecule has 144 valence electrons. The molecule has 0 unspecified atom stereocenters. The fraction of sp³-hybridized carbons (Fsp3) is 0.895. The van der Waals surface area contributed by atoms with Crippen molar-refractivity contribution < 1.29 is 12.8 Å². The van der Waals surface area contributed by atoms with Crippen molar-refractivity contribution >= 4 is 10.0 Å². The molecule has 1 atom stereocenters. The SMILES string of the molecule is O=S(=O)(CC12CCC(CC1)C2)N1CCCC[C@H]1c1nnc(C2CCC2)o1. The van der Waals surface area contributed by atoms with Crippen LogP contribution in [0, 0.1) is 11.3 Å². The zero-order chi connectivity index (χ0) is 17.8. The highest BCUT2D eigenvalue weighted by atomic mass is 32.2. The van der Waals surface area contributed by atoms with Crippen LogP contribution in [0.5, 0.6) is 0 Å². The van der Waals surface area contributed by atoms with Crippen LogP contribution in [-0.2, 0) is 10.0 Å². The lowest BCUT2D eigenvalue weighted by atomic mass is 9.85. The Morgan fingerprint density at radius 3 is 2.42 bits per heavy atom. The average Bonchev–Trinajstić information content (AvgIpc) is 3.28. The van der Waals surface area contributed by atoms with Gasteiger partial charge in [0.05, 0.1) is 5.75 Å². The Kier molecular flexibility index (Phi) is 4.16. The minimum Gasteiger partial charge on any atom is -0.423 e. The van der Waals surface area contributed by atoms with E-state index in [1.165, 1.54) is 19.3 Å². The van der Waals surface area contributed by atoms with E-state index in [1.54, 1.807) is 4.31 Å². The van der Waals surface area contributed by atoms with Gasteiger partial charge in [0.15, 0.2) is 0 Å². The number of nitrogens with zero attached hydrogens (tertiary/aromatic N) is 3. The molecule has 2 bridgehead atoms. The van der Waals surface area contributed by atoms with E-state index in [9.17, 15) is 8.42 Å². The first kappa shape index (κ1) is 17.2. The first-order valence-electron chi connectivity index (χ1n) is 10.4. The highest BCUT2D eigenvalue weighted by Gasteiger charge is 2.49. The molecule has 0 N–H and O–H groups in total. The van der Waals surface area contributed by atoms with Crippen LogP contribution in [0.4, 0.5) is 0 Å². The number of sulfonamides is 1. The molecule has 0 spiro atoms. The minimum absolute atomic E-state index is 0.0391. The smallest absolute Gasteiger partial charge is 0.234 e. The number of aromatic nitrogens is 2. The molecule has 4 fully saturated rings. The van der Waals surface area contributed by atoms with Crippen molar-refractivity contribution in [1.29, 1.82) is 0 Å². The van der Waals surface area contributed by atoms with E-state index in [-0.39, 0.29) is 11.5 Å². The van der Waals surface area contributed by atoms with Gasteiger partial charge in [0, 0.05) is 12.5 Å². The highest BCUT2D eigenvalue weighted by molar-refractivity contribution is 7.89. The molecule has 2 heterocycles. The van der Waals surface area contributed by atoms with Crippen LogP contribution in [0.1, 0.15) is 94.4 Å². The van der Waals surface area contributed by atoms with Crippen molar-refractivity contribution in [3.63, 3.8) is 0 Å². The van der Waals surface area contributed by atoms with Gasteiger partial charge in [-0.3, -0.25) is 0 Å². The molecule has 1 aromatic heterocycles. The Bertz CT molecular complexity index is 763. The lowest BCUT2D eigenvalue weighted by Gasteiger charge is -2.36. The summed E-state index contributed by atoms with van der Waals surface area (Å²) in [5, 5.41) is 8.49. The van der Waals surface area contributed by atoms with E-state index in [2.05, 4.69) is 10.2 Å². The van der Waals surface area contributed by atoms with E-state index < -0.39 is 10.0 Å². The van der Waals surface area contributed by atoms with Crippen molar-refractivity contribution in [3.05, 3.63) is 11.8 Å². The second kappa shape index (κ2) is 6.30. The topological polar surface area (TPSA) is 76.3 Å². The number of piperidine rings is 1. The zero-order valence-electron chi connectivity index (χ0n) is 15.4. The maximum atomic E-state index is 13.4. The predicted octanol–water partition coefficient (Wildman–Crippen LogP) is 3.77. The van der Waals surface area contributed by atoms with E-state index in [0.717, 1.165) is 57.3 Å². The van der Waals surface area contributed by atoms with Gasteiger partial charge in [0.1, 0.15) is 6.04 Å². The third-order valence-corrected chi connectivity index (χ3v) is 9.51. The van der Waals surface area contributed by atoms with Crippen LogP contribution in [-0.4, -0.2) is 35.2 Å². The molecule has 26 heavy (non-hydrogen) atoms. The molecule has 4 aliphatic rings. The normalized spacial score (nSPS) is 35.7. The summed E-state index contributed by atoms with van der Waals surface area (Å²) in [5.41, 5.74) is 0.0391. The van der Waals surface area contributed by atoms with Crippen LogP contribution in [0.25, 0.3) is 0 Å². The Morgan fingerprint density at radius 1 is 1.00 bits per heavy atom. The minimum atomic E-state index is -3.30. The molecule has 0 aromatic carbocycles. The van der Waals surface area contributed by atoms with Crippen molar-refractivity contribution in [1.82, 2.24) is 14.5 Å². The van der Waals surface area contributed by atoms with Crippen molar-refractivity contribution in [2.75, 3.05) is 12.3 Å². The second-order valence-corrected chi connectivity index (χ2v) is 11.1. The molecule has 0 radical (unpaired) electrons. The number of hydrogen-bond acceptors (Lipinski definition) is 5. The molecular formula is C19H29N3O3S. The molecule has 7 heteroatoms. The molecule has 1 saturated heterocycles. The standard InChI is InChI=1S/C19H29N3O3S/c23-26(24,13-19-9-7-14(12-19)8-10-19)22-11-2-1-6-16(22)18-21-20-17(25-18)15-4-3-5-15/h14-16H,1-13H2/t14?,16-,19?/m0/s1. The zero-order valence-corrected chi connectivity index (χ0v) is 16.2. The van der Waals surface area contributed by atoms with Gasteiger partial charge in [0.2, 0.25) is 21.8 Å². The van der Waals surface area contributed by atoms with Gasteiger partial charge in [-0.1, -0.05) is 12.8 Å². The number of fused-ring (bicyclic) bond motifs is 2. The largest absolute Gasteiger partial charge is 0.423 e. The lowest BCUT2D eigenvalue weighted by Crippen LogP contribution is -2.43. The average molecular weight is 380 g/mol. The van der Waals surface area contributed by atoms with Gasteiger partial charge >= 0.3 is 0 Å². The molecular weight excluding hydrogens is 350 g/mol. The maximum Gasteiger partial charge on any atom is 0.234 e. The summed E-state index contributed by atoms with van der Waals surface area (Å²) in [5.74, 6) is 2.70. The van der Waals surface area contributed by atoms with Crippen LogP contribution >= 0.6 is 0 Å². The lowest BCUT2D eigenvalue weighted by molar-refractivity contribution is 0.206. The Morgan fingerprint density at radius 2 is 1.77 bits per heavy atom. The highest BCUT2D eigenvalue weighted by Crippen LogP contribution is 2.55. The van der Waals surface area contributed by atoms with Crippen LogP contribution in [0.2, 0.25) is 0 Å². The third-order valence-electron chi connectivity index (χ3n) is 7.38. The Balaban J connectivity index is 1.37. The summed E-state index contributed by atoms with van der Waals surface area (Å²) in [6.45, 7) is 0.591. The molecule has 0 amide bonds.